The fourth-order valence-corrected chi connectivity index (χ4v) is 3.51. The first-order valence-corrected chi connectivity index (χ1v) is 8.87. The number of hydrogen-bond acceptors (Lipinski definition) is 5. The molecule has 10 heteroatoms. The fraction of sp³-hybridized carbons (Fsp3) is 0.333. The van der Waals surface area contributed by atoms with Crippen LogP contribution in [0.5, 0.6) is 0 Å². The summed E-state index contributed by atoms with van der Waals surface area (Å²) < 4.78 is 39.4. The van der Waals surface area contributed by atoms with E-state index in [0.717, 1.165) is 6.07 Å². The van der Waals surface area contributed by atoms with Gasteiger partial charge < -0.3 is 5.84 Å². The van der Waals surface area contributed by atoms with E-state index in [-0.39, 0.29) is 23.0 Å². The highest BCUT2D eigenvalue weighted by Gasteiger charge is 2.33. The maximum atomic E-state index is 13.1. The Bertz CT molecular complexity index is 984. The zero-order valence-corrected chi connectivity index (χ0v) is 15.4. The molecule has 1 aromatic carbocycles. The maximum absolute atomic E-state index is 13.1. The van der Waals surface area contributed by atoms with Crippen LogP contribution in [-0.2, 0) is 12.7 Å². The minimum absolute atomic E-state index is 0.0656. The van der Waals surface area contributed by atoms with Crippen LogP contribution in [0.3, 0.4) is 0 Å². The number of rotatable bonds is 3. The summed E-state index contributed by atoms with van der Waals surface area (Å²) in [5, 5.41) is 9.85. The van der Waals surface area contributed by atoms with Gasteiger partial charge in [-0.3, -0.25) is 9.79 Å². The standard InChI is InChI=1S/C18H17ClF3N5O/c19-16-12(9-25-27-17(16)28)10-5-6-14(15(7-10)26-23)24-8-11-3-1-2-4-13(11)18(20,21)22/h1-4,9-10H,5-8,23H2,(H,27,28). The summed E-state index contributed by atoms with van der Waals surface area (Å²) in [5.41, 5.74) is 0.534. The van der Waals surface area contributed by atoms with Gasteiger partial charge >= 0.3 is 6.18 Å². The van der Waals surface area contributed by atoms with Crippen molar-refractivity contribution in [3.63, 3.8) is 0 Å². The largest absolute Gasteiger partial charge is 0.416 e. The third kappa shape index (κ3) is 4.24. The predicted molar refractivity (Wildman–Crippen MR) is 101 cm³/mol. The van der Waals surface area contributed by atoms with Crippen LogP contribution in [0.2, 0.25) is 5.02 Å². The van der Waals surface area contributed by atoms with Gasteiger partial charge in [-0.25, -0.2) is 5.10 Å². The second kappa shape index (κ2) is 8.14. The molecule has 3 rings (SSSR count). The van der Waals surface area contributed by atoms with Crippen LogP contribution in [0.4, 0.5) is 13.2 Å². The highest BCUT2D eigenvalue weighted by Crippen LogP contribution is 2.34. The number of hydrogen-bond donors (Lipinski definition) is 2. The quantitative estimate of drug-likeness (QED) is 0.595. The van der Waals surface area contributed by atoms with E-state index in [1.165, 1.54) is 18.3 Å². The first kappa shape index (κ1) is 20.1. The molecule has 1 fully saturated rings. The Morgan fingerprint density at radius 2 is 2.04 bits per heavy atom. The SMILES string of the molecule is NN=C1CC(c2cn[nH]c(=O)c2Cl)CCC1=NCc1ccccc1C(F)(F)F. The van der Waals surface area contributed by atoms with Crippen LogP contribution >= 0.6 is 11.6 Å². The molecule has 0 radical (unpaired) electrons. The minimum Gasteiger partial charge on any atom is -0.323 e. The van der Waals surface area contributed by atoms with Crippen molar-refractivity contribution in [2.24, 2.45) is 15.9 Å². The second-order valence-electron chi connectivity index (χ2n) is 6.40. The van der Waals surface area contributed by atoms with E-state index in [0.29, 0.717) is 36.2 Å². The predicted octanol–water partition coefficient (Wildman–Crippen LogP) is 3.67. The van der Waals surface area contributed by atoms with Crippen LogP contribution in [0, 0.1) is 0 Å². The lowest BCUT2D eigenvalue weighted by Crippen LogP contribution is -2.27. The Kier molecular flexibility index (Phi) is 5.83. The molecule has 28 heavy (non-hydrogen) atoms. The number of H-pyrrole nitrogens is 1. The number of alkyl halides is 3. The molecule has 1 aliphatic rings. The number of nitrogens with zero attached hydrogens (tertiary/aromatic N) is 3. The first-order valence-electron chi connectivity index (χ1n) is 8.50. The number of aromatic amines is 1. The number of hydrazone groups is 1. The Morgan fingerprint density at radius 1 is 1.29 bits per heavy atom. The van der Waals surface area contributed by atoms with Gasteiger partial charge in [0.25, 0.3) is 5.56 Å². The molecule has 0 spiro atoms. The summed E-state index contributed by atoms with van der Waals surface area (Å²) in [5.74, 6) is 5.36. The van der Waals surface area contributed by atoms with E-state index in [4.69, 9.17) is 17.4 Å². The number of nitrogens with two attached hydrogens (primary N) is 1. The molecule has 0 amide bonds. The number of aliphatic imine (C=N–C) groups is 1. The van der Waals surface area contributed by atoms with Crippen molar-refractivity contribution in [3.05, 3.63) is 62.5 Å². The molecular weight excluding hydrogens is 395 g/mol. The van der Waals surface area contributed by atoms with Gasteiger partial charge in [-0.1, -0.05) is 29.8 Å². The number of aromatic nitrogens is 2. The van der Waals surface area contributed by atoms with Gasteiger partial charge in [-0.2, -0.15) is 23.4 Å². The average Bonchev–Trinajstić information content (AvgIpc) is 2.68. The van der Waals surface area contributed by atoms with Crippen molar-refractivity contribution in [1.29, 1.82) is 0 Å². The van der Waals surface area contributed by atoms with Gasteiger partial charge in [-0.05, 0) is 36.0 Å². The van der Waals surface area contributed by atoms with Gasteiger partial charge in [0.2, 0.25) is 0 Å². The summed E-state index contributed by atoms with van der Waals surface area (Å²) in [7, 11) is 0. The smallest absolute Gasteiger partial charge is 0.323 e. The summed E-state index contributed by atoms with van der Waals surface area (Å²) in [4.78, 5) is 16.0. The van der Waals surface area contributed by atoms with E-state index in [1.54, 1.807) is 6.07 Å². The van der Waals surface area contributed by atoms with Gasteiger partial charge in [0.15, 0.2) is 0 Å². The van der Waals surface area contributed by atoms with Crippen molar-refractivity contribution in [2.45, 2.75) is 37.9 Å². The highest BCUT2D eigenvalue weighted by atomic mass is 35.5. The maximum Gasteiger partial charge on any atom is 0.416 e. The van der Waals surface area contributed by atoms with Crippen LogP contribution < -0.4 is 11.4 Å². The van der Waals surface area contributed by atoms with Gasteiger partial charge in [0.1, 0.15) is 5.02 Å². The molecule has 1 atom stereocenters. The van der Waals surface area contributed by atoms with E-state index >= 15 is 0 Å². The Hall–Kier alpha value is -2.68. The van der Waals surface area contributed by atoms with Gasteiger partial charge in [0.05, 0.1) is 29.7 Å². The third-order valence-electron chi connectivity index (χ3n) is 4.68. The van der Waals surface area contributed by atoms with E-state index in [2.05, 4.69) is 20.3 Å². The summed E-state index contributed by atoms with van der Waals surface area (Å²) in [6.07, 6.45) is -1.52. The Labute approximate surface area is 163 Å². The molecule has 1 unspecified atom stereocenters. The lowest BCUT2D eigenvalue weighted by atomic mass is 9.82. The molecule has 0 aliphatic heterocycles. The summed E-state index contributed by atoms with van der Waals surface area (Å²) in [6, 6.07) is 5.32. The third-order valence-corrected chi connectivity index (χ3v) is 5.07. The highest BCUT2D eigenvalue weighted by molar-refractivity contribution is 6.43. The first-order chi connectivity index (χ1) is 13.3. The molecule has 1 aromatic heterocycles. The molecule has 0 bridgehead atoms. The van der Waals surface area contributed by atoms with Crippen LogP contribution in [-0.4, -0.2) is 21.6 Å². The average molecular weight is 412 g/mol. The minimum atomic E-state index is -4.44. The number of benzene rings is 1. The van der Waals surface area contributed by atoms with Crippen molar-refractivity contribution in [1.82, 2.24) is 10.2 Å². The van der Waals surface area contributed by atoms with Crippen LogP contribution in [0.15, 0.2) is 45.4 Å². The van der Waals surface area contributed by atoms with Crippen molar-refractivity contribution in [3.8, 4) is 0 Å². The molecule has 6 nitrogen and oxygen atoms in total. The molecule has 1 heterocycles. The van der Waals surface area contributed by atoms with Crippen molar-refractivity contribution >= 4 is 23.0 Å². The zero-order valence-electron chi connectivity index (χ0n) is 14.6. The summed E-state index contributed by atoms with van der Waals surface area (Å²) in [6.45, 7) is -0.123. The molecule has 2 aromatic rings. The molecule has 1 saturated carbocycles. The lowest BCUT2D eigenvalue weighted by Gasteiger charge is -2.25. The van der Waals surface area contributed by atoms with Crippen molar-refractivity contribution < 1.29 is 13.2 Å². The monoisotopic (exact) mass is 411 g/mol. The van der Waals surface area contributed by atoms with Gasteiger partial charge in [0, 0.05) is 6.42 Å². The summed E-state index contributed by atoms with van der Waals surface area (Å²) >= 11 is 6.06. The van der Waals surface area contributed by atoms with Crippen LogP contribution in [0.1, 0.15) is 41.9 Å². The second-order valence-corrected chi connectivity index (χ2v) is 6.78. The van der Waals surface area contributed by atoms with Crippen LogP contribution in [0.25, 0.3) is 0 Å². The molecular formula is C18H17ClF3N5O. The molecule has 148 valence electrons. The fourth-order valence-electron chi connectivity index (χ4n) is 3.27. The van der Waals surface area contributed by atoms with E-state index < -0.39 is 17.3 Å². The number of nitrogens with one attached hydrogen (secondary N) is 1. The molecule has 0 saturated heterocycles. The van der Waals surface area contributed by atoms with E-state index in [1.807, 2.05) is 0 Å². The molecule has 1 aliphatic carbocycles. The van der Waals surface area contributed by atoms with Gasteiger partial charge in [-0.15, -0.1) is 0 Å². The Balaban J connectivity index is 1.81. The Morgan fingerprint density at radius 3 is 2.75 bits per heavy atom. The molecule has 3 N–H and O–H groups in total. The zero-order chi connectivity index (χ0) is 20.3. The van der Waals surface area contributed by atoms with Crippen molar-refractivity contribution in [2.75, 3.05) is 0 Å². The topological polar surface area (TPSA) is 96.5 Å². The van der Waals surface area contributed by atoms with E-state index in [9.17, 15) is 18.0 Å². The number of halogens is 4. The normalized spacial score (nSPS) is 20.6. The lowest BCUT2D eigenvalue weighted by molar-refractivity contribution is -0.138.